The quantitative estimate of drug-likeness (QED) is 0.549. The summed E-state index contributed by atoms with van der Waals surface area (Å²) in [5, 5.41) is 4.93. The third kappa shape index (κ3) is 5.91. The van der Waals surface area contributed by atoms with Gasteiger partial charge in [0.15, 0.2) is 5.78 Å². The Bertz CT molecular complexity index is 1070. The van der Waals surface area contributed by atoms with Gasteiger partial charge in [0.2, 0.25) is 0 Å². The molecule has 2 amide bonds. The maximum atomic E-state index is 15.0. The number of hydroxylamine groups is 2. The van der Waals surface area contributed by atoms with E-state index >= 15 is 4.39 Å². The third-order valence-corrected chi connectivity index (χ3v) is 5.70. The Kier molecular flexibility index (Phi) is 7.54. The summed E-state index contributed by atoms with van der Waals surface area (Å²) in [5.74, 6) is -2.10. The van der Waals surface area contributed by atoms with Gasteiger partial charge in [-0.1, -0.05) is 5.16 Å². The SMILES string of the molecule is O=C(CC[C@H]1CN(c2ccc(N3CCON(C(=O)Cc4ccon4)CC3)c(F)c2)C(=O)O1)C(F)F. The highest BCUT2D eigenvalue weighted by Gasteiger charge is 2.34. The van der Waals surface area contributed by atoms with Crippen molar-refractivity contribution < 1.29 is 41.7 Å². The van der Waals surface area contributed by atoms with Crippen molar-refractivity contribution in [2.75, 3.05) is 42.6 Å². The molecule has 2 saturated heterocycles. The van der Waals surface area contributed by atoms with Gasteiger partial charge in [0.05, 0.1) is 43.2 Å². The highest BCUT2D eigenvalue weighted by Crippen LogP contribution is 2.29. The van der Waals surface area contributed by atoms with E-state index < -0.39 is 36.6 Å². The molecule has 1 aromatic carbocycles. The Balaban J connectivity index is 1.35. The van der Waals surface area contributed by atoms with Crippen molar-refractivity contribution in [1.29, 1.82) is 0 Å². The smallest absolute Gasteiger partial charge is 0.414 e. The molecule has 35 heavy (non-hydrogen) atoms. The summed E-state index contributed by atoms with van der Waals surface area (Å²) in [7, 11) is 0. The van der Waals surface area contributed by atoms with Crippen molar-refractivity contribution in [3.05, 3.63) is 42.0 Å². The fraction of sp³-hybridized carbons (Fsp3) is 0.455. The van der Waals surface area contributed by atoms with Crippen LogP contribution in [0.3, 0.4) is 0 Å². The maximum absolute atomic E-state index is 15.0. The maximum Gasteiger partial charge on any atom is 0.414 e. The molecule has 0 bridgehead atoms. The van der Waals surface area contributed by atoms with E-state index in [2.05, 4.69) is 5.16 Å². The van der Waals surface area contributed by atoms with Gasteiger partial charge in [-0.25, -0.2) is 23.0 Å². The molecule has 2 fully saturated rings. The van der Waals surface area contributed by atoms with Gasteiger partial charge in [-0.15, -0.1) is 0 Å². The molecule has 3 heterocycles. The second kappa shape index (κ2) is 10.8. The lowest BCUT2D eigenvalue weighted by Gasteiger charge is -2.24. The summed E-state index contributed by atoms with van der Waals surface area (Å²) in [4.78, 5) is 44.2. The van der Waals surface area contributed by atoms with Crippen LogP contribution < -0.4 is 9.80 Å². The summed E-state index contributed by atoms with van der Waals surface area (Å²) < 4.78 is 49.6. The van der Waals surface area contributed by atoms with Crippen molar-refractivity contribution in [3.8, 4) is 0 Å². The minimum atomic E-state index is -3.06. The number of amides is 2. The molecule has 0 spiro atoms. The van der Waals surface area contributed by atoms with Crippen molar-refractivity contribution in [2.24, 2.45) is 0 Å². The molecule has 0 aliphatic carbocycles. The molecule has 0 radical (unpaired) electrons. The highest BCUT2D eigenvalue weighted by atomic mass is 19.3. The fourth-order valence-electron chi connectivity index (χ4n) is 3.87. The van der Waals surface area contributed by atoms with Crippen LogP contribution >= 0.6 is 0 Å². The summed E-state index contributed by atoms with van der Waals surface area (Å²) in [5.41, 5.74) is 0.994. The summed E-state index contributed by atoms with van der Waals surface area (Å²) >= 11 is 0. The van der Waals surface area contributed by atoms with E-state index in [-0.39, 0.29) is 49.8 Å². The Morgan fingerprint density at radius 1 is 1.17 bits per heavy atom. The number of hydrogen-bond donors (Lipinski definition) is 0. The van der Waals surface area contributed by atoms with Crippen LogP contribution in [0.25, 0.3) is 0 Å². The zero-order chi connectivity index (χ0) is 24.9. The van der Waals surface area contributed by atoms with Gasteiger partial charge in [-0.05, 0) is 24.6 Å². The normalized spacial score (nSPS) is 18.7. The van der Waals surface area contributed by atoms with Gasteiger partial charge < -0.3 is 14.2 Å². The first-order chi connectivity index (χ1) is 16.8. The summed E-state index contributed by atoms with van der Waals surface area (Å²) in [6.45, 7) is 1.02. The second-order valence-electron chi connectivity index (χ2n) is 8.04. The van der Waals surface area contributed by atoms with Crippen LogP contribution in [0.4, 0.5) is 29.3 Å². The number of benzene rings is 1. The largest absolute Gasteiger partial charge is 0.444 e. The van der Waals surface area contributed by atoms with Crippen LogP contribution in [0.15, 0.2) is 35.1 Å². The zero-order valence-electron chi connectivity index (χ0n) is 18.6. The standard InChI is InChI=1S/C22H23F3N4O6/c23-17-12-15(28-13-16(35-22(28)32)2-4-19(30)21(24)25)1-3-18(17)27-6-7-29(34-10-8-27)20(31)11-14-5-9-33-26-14/h1,3,5,9,12,16,21H,2,4,6-8,10-11,13H2/t16-/m0/s1. The number of ether oxygens (including phenoxy) is 1. The Hall–Kier alpha value is -3.61. The molecule has 0 saturated carbocycles. The highest BCUT2D eigenvalue weighted by molar-refractivity contribution is 5.90. The molecule has 0 unspecified atom stereocenters. The van der Waals surface area contributed by atoms with E-state index in [1.165, 1.54) is 28.4 Å². The first-order valence-electron chi connectivity index (χ1n) is 11.0. The van der Waals surface area contributed by atoms with E-state index in [0.29, 0.717) is 18.8 Å². The average molecular weight is 496 g/mol. The molecule has 2 aliphatic heterocycles. The summed E-state index contributed by atoms with van der Waals surface area (Å²) in [6, 6.07) is 5.83. The Morgan fingerprint density at radius 3 is 2.71 bits per heavy atom. The van der Waals surface area contributed by atoms with Crippen LogP contribution in [0.2, 0.25) is 0 Å². The van der Waals surface area contributed by atoms with E-state index in [4.69, 9.17) is 14.1 Å². The molecule has 10 nitrogen and oxygen atoms in total. The number of cyclic esters (lactones) is 1. The molecular formula is C22H23F3N4O6. The molecule has 2 aliphatic rings. The number of Topliss-reactive ketones (excluding diaryl/α,β-unsaturated/α-hetero) is 1. The van der Waals surface area contributed by atoms with Crippen LogP contribution in [0.1, 0.15) is 18.5 Å². The van der Waals surface area contributed by atoms with Crippen LogP contribution in [0.5, 0.6) is 0 Å². The Morgan fingerprint density at radius 2 is 2.00 bits per heavy atom. The number of nitrogens with zero attached hydrogens (tertiary/aromatic N) is 4. The third-order valence-electron chi connectivity index (χ3n) is 5.70. The minimum Gasteiger partial charge on any atom is -0.444 e. The van der Waals surface area contributed by atoms with Gasteiger partial charge in [0.25, 0.3) is 12.3 Å². The molecule has 2 aromatic rings. The number of aromatic nitrogens is 1. The lowest BCUT2D eigenvalue weighted by molar-refractivity contribution is -0.181. The van der Waals surface area contributed by atoms with Gasteiger partial charge >= 0.3 is 6.09 Å². The van der Waals surface area contributed by atoms with E-state index in [1.807, 2.05) is 0 Å². The molecule has 188 valence electrons. The topological polar surface area (TPSA) is 105 Å². The van der Waals surface area contributed by atoms with E-state index in [9.17, 15) is 23.2 Å². The van der Waals surface area contributed by atoms with Crippen molar-refractivity contribution in [3.63, 3.8) is 0 Å². The molecule has 0 N–H and O–H groups in total. The van der Waals surface area contributed by atoms with Gasteiger partial charge in [0.1, 0.15) is 18.2 Å². The molecular weight excluding hydrogens is 473 g/mol. The molecule has 13 heteroatoms. The van der Waals surface area contributed by atoms with Crippen LogP contribution in [-0.4, -0.2) is 73.3 Å². The number of carbonyl (C=O) groups excluding carboxylic acids is 3. The average Bonchev–Trinajstić information content (AvgIpc) is 3.39. The van der Waals surface area contributed by atoms with Gasteiger partial charge in [-0.2, -0.15) is 0 Å². The number of halogens is 3. The number of ketones is 1. The lowest BCUT2D eigenvalue weighted by atomic mass is 10.1. The number of hydrogen-bond acceptors (Lipinski definition) is 8. The monoisotopic (exact) mass is 496 g/mol. The van der Waals surface area contributed by atoms with Crippen LogP contribution in [0, 0.1) is 5.82 Å². The number of anilines is 2. The minimum absolute atomic E-state index is 0.0167. The number of rotatable bonds is 8. The van der Waals surface area contributed by atoms with E-state index in [0.717, 1.165) is 0 Å². The predicted octanol–water partition coefficient (Wildman–Crippen LogP) is 2.58. The fourth-order valence-corrected chi connectivity index (χ4v) is 3.87. The van der Waals surface area contributed by atoms with Crippen molar-refractivity contribution in [2.45, 2.75) is 31.8 Å². The molecule has 4 rings (SSSR count). The van der Waals surface area contributed by atoms with Gasteiger partial charge in [0, 0.05) is 25.6 Å². The van der Waals surface area contributed by atoms with Gasteiger partial charge in [-0.3, -0.25) is 19.3 Å². The van der Waals surface area contributed by atoms with Crippen LogP contribution in [-0.2, 0) is 25.6 Å². The summed E-state index contributed by atoms with van der Waals surface area (Å²) in [6.07, 6.45) is -3.60. The lowest BCUT2D eigenvalue weighted by Crippen LogP contribution is -2.35. The van der Waals surface area contributed by atoms with Crippen molar-refractivity contribution >= 4 is 29.2 Å². The first kappa shape index (κ1) is 24.5. The predicted molar refractivity (Wildman–Crippen MR) is 114 cm³/mol. The Labute approximate surface area is 198 Å². The molecule has 1 atom stereocenters. The van der Waals surface area contributed by atoms with Crippen molar-refractivity contribution in [1.82, 2.24) is 10.2 Å². The zero-order valence-corrected chi connectivity index (χ0v) is 18.6. The number of carbonyl (C=O) groups is 3. The molecule has 1 aromatic heterocycles. The van der Waals surface area contributed by atoms with E-state index in [1.54, 1.807) is 17.0 Å². The first-order valence-corrected chi connectivity index (χ1v) is 11.0. The second-order valence-corrected chi connectivity index (χ2v) is 8.04. The number of alkyl halides is 2.